The summed E-state index contributed by atoms with van der Waals surface area (Å²) in [6, 6.07) is 12.1. The van der Waals surface area contributed by atoms with Gasteiger partial charge in [0.1, 0.15) is 17.2 Å². The number of benzene rings is 2. The lowest BCUT2D eigenvalue weighted by Crippen LogP contribution is -2.23. The van der Waals surface area contributed by atoms with Crippen molar-refractivity contribution in [3.05, 3.63) is 59.8 Å². The fourth-order valence-electron chi connectivity index (χ4n) is 2.79. The van der Waals surface area contributed by atoms with Gasteiger partial charge in [-0.1, -0.05) is 6.07 Å². The third kappa shape index (κ3) is 4.88. The van der Waals surface area contributed by atoms with Crippen molar-refractivity contribution in [3.8, 4) is 23.1 Å². The molecule has 30 heavy (non-hydrogen) atoms. The average Bonchev–Trinajstić information content (AvgIpc) is 3.05. The number of aryl methyl sites for hydroxylation is 1. The van der Waals surface area contributed by atoms with E-state index in [1.165, 1.54) is 35.9 Å². The Labute approximate surface area is 172 Å². The Hall–Kier alpha value is -4.01. The first-order chi connectivity index (χ1) is 14.2. The minimum absolute atomic E-state index is 0.0985. The van der Waals surface area contributed by atoms with E-state index in [9.17, 15) is 19.8 Å². The van der Waals surface area contributed by atoms with Gasteiger partial charge < -0.3 is 25.6 Å². The maximum absolute atomic E-state index is 12.5. The lowest BCUT2D eigenvalue weighted by atomic mass is 10.1. The summed E-state index contributed by atoms with van der Waals surface area (Å²) < 4.78 is 7.07. The van der Waals surface area contributed by atoms with E-state index >= 15 is 0 Å². The van der Waals surface area contributed by atoms with Crippen LogP contribution in [0.25, 0.3) is 0 Å². The number of phenolic OH excluding ortho intramolecular Hbond substituents is 2. The van der Waals surface area contributed by atoms with E-state index in [0.717, 1.165) is 0 Å². The lowest BCUT2D eigenvalue weighted by Gasteiger charge is -2.14. The monoisotopic (exact) mass is 410 g/mol. The van der Waals surface area contributed by atoms with Gasteiger partial charge in [0.05, 0.1) is 11.7 Å². The van der Waals surface area contributed by atoms with Gasteiger partial charge in [-0.2, -0.15) is 5.10 Å². The summed E-state index contributed by atoms with van der Waals surface area (Å²) in [5, 5.41) is 29.0. The number of amides is 2. The topological polar surface area (TPSA) is 126 Å². The predicted octanol–water partition coefficient (Wildman–Crippen LogP) is 3.07. The first-order valence-corrected chi connectivity index (χ1v) is 9.15. The first kappa shape index (κ1) is 20.7. The number of anilines is 1. The maximum Gasteiger partial charge on any atom is 0.276 e. The summed E-state index contributed by atoms with van der Waals surface area (Å²) in [4.78, 5) is 23.7. The number of hydrogen-bond acceptors (Lipinski definition) is 6. The minimum Gasteiger partial charge on any atom is -0.508 e. The standard InChI is InChI=1S/C21H22N4O5/c1-12(22-13(2)26)14-4-9-17(19(28)10-14)23-21(29)18-11-20(25(3)24-18)30-16-7-5-15(27)6-8-16/h4-12,27-28H,1-3H3,(H,22,26)(H,23,29). The Kier molecular flexibility index (Phi) is 5.91. The van der Waals surface area contributed by atoms with E-state index in [-0.39, 0.29) is 34.8 Å². The minimum atomic E-state index is -0.524. The predicted molar refractivity (Wildman–Crippen MR) is 110 cm³/mol. The highest BCUT2D eigenvalue weighted by Crippen LogP contribution is 2.28. The molecule has 156 valence electrons. The normalized spacial score (nSPS) is 11.6. The van der Waals surface area contributed by atoms with Gasteiger partial charge in [0.2, 0.25) is 11.8 Å². The van der Waals surface area contributed by atoms with Crippen LogP contribution in [0.3, 0.4) is 0 Å². The molecule has 0 saturated carbocycles. The zero-order valence-corrected chi connectivity index (χ0v) is 16.7. The van der Waals surface area contributed by atoms with Crippen LogP contribution in [0.1, 0.15) is 35.9 Å². The van der Waals surface area contributed by atoms with Crippen molar-refractivity contribution in [2.75, 3.05) is 5.32 Å². The molecule has 1 aromatic heterocycles. The van der Waals surface area contributed by atoms with Crippen LogP contribution in [0.4, 0.5) is 5.69 Å². The van der Waals surface area contributed by atoms with Gasteiger partial charge in [0, 0.05) is 20.0 Å². The number of hydrogen-bond donors (Lipinski definition) is 4. The van der Waals surface area contributed by atoms with E-state index in [2.05, 4.69) is 15.7 Å². The largest absolute Gasteiger partial charge is 0.508 e. The third-order valence-electron chi connectivity index (χ3n) is 4.32. The Morgan fingerprint density at radius 2 is 1.80 bits per heavy atom. The van der Waals surface area contributed by atoms with Crippen LogP contribution in [-0.4, -0.2) is 31.8 Å². The number of carbonyl (C=O) groups is 2. The van der Waals surface area contributed by atoms with E-state index in [1.807, 2.05) is 0 Å². The van der Waals surface area contributed by atoms with Gasteiger partial charge in [-0.15, -0.1) is 0 Å². The van der Waals surface area contributed by atoms with Gasteiger partial charge in [-0.25, -0.2) is 4.68 Å². The van der Waals surface area contributed by atoms with Crippen LogP contribution < -0.4 is 15.4 Å². The second-order valence-corrected chi connectivity index (χ2v) is 6.74. The Bertz CT molecular complexity index is 1080. The van der Waals surface area contributed by atoms with E-state index < -0.39 is 5.91 Å². The number of carbonyl (C=O) groups excluding carboxylic acids is 2. The first-order valence-electron chi connectivity index (χ1n) is 9.15. The van der Waals surface area contributed by atoms with Gasteiger partial charge in [0.15, 0.2) is 5.69 Å². The van der Waals surface area contributed by atoms with Crippen LogP contribution in [0.15, 0.2) is 48.5 Å². The molecular formula is C21H22N4O5. The molecule has 0 saturated heterocycles. The van der Waals surface area contributed by atoms with Gasteiger partial charge in [-0.05, 0) is 48.9 Å². The third-order valence-corrected chi connectivity index (χ3v) is 4.32. The summed E-state index contributed by atoms with van der Waals surface area (Å²) in [7, 11) is 1.63. The molecule has 0 aliphatic rings. The summed E-state index contributed by atoms with van der Waals surface area (Å²) in [6.07, 6.45) is 0. The molecule has 3 aromatic rings. The van der Waals surface area contributed by atoms with Gasteiger partial charge in [0.25, 0.3) is 5.91 Å². The van der Waals surface area contributed by atoms with Crippen molar-refractivity contribution in [2.24, 2.45) is 7.05 Å². The number of nitrogens with one attached hydrogen (secondary N) is 2. The zero-order chi connectivity index (χ0) is 21.8. The molecule has 2 aromatic carbocycles. The molecule has 1 atom stereocenters. The van der Waals surface area contributed by atoms with E-state index in [4.69, 9.17) is 4.74 Å². The summed E-state index contributed by atoms with van der Waals surface area (Å²) in [5.41, 5.74) is 1.01. The van der Waals surface area contributed by atoms with E-state index in [1.54, 1.807) is 38.2 Å². The molecule has 1 heterocycles. The van der Waals surface area contributed by atoms with Gasteiger partial charge in [-0.3, -0.25) is 9.59 Å². The van der Waals surface area contributed by atoms with Crippen molar-refractivity contribution in [1.82, 2.24) is 15.1 Å². The van der Waals surface area contributed by atoms with Crippen LogP contribution in [0.5, 0.6) is 23.1 Å². The fourth-order valence-corrected chi connectivity index (χ4v) is 2.79. The highest BCUT2D eigenvalue weighted by Gasteiger charge is 2.17. The van der Waals surface area contributed by atoms with Gasteiger partial charge >= 0.3 is 0 Å². The zero-order valence-electron chi connectivity index (χ0n) is 16.7. The van der Waals surface area contributed by atoms with Crippen LogP contribution in [-0.2, 0) is 11.8 Å². The SMILES string of the molecule is CC(=O)NC(C)c1ccc(NC(=O)c2cc(Oc3ccc(O)cc3)n(C)n2)c(O)c1. The molecule has 0 bridgehead atoms. The second-order valence-electron chi connectivity index (χ2n) is 6.74. The number of phenols is 2. The van der Waals surface area contributed by atoms with Crippen molar-refractivity contribution in [2.45, 2.75) is 19.9 Å². The number of aromatic nitrogens is 2. The quantitative estimate of drug-likeness (QED) is 0.463. The van der Waals surface area contributed by atoms with E-state index in [0.29, 0.717) is 17.2 Å². The molecule has 0 radical (unpaired) electrons. The summed E-state index contributed by atoms with van der Waals surface area (Å²) >= 11 is 0. The molecule has 4 N–H and O–H groups in total. The number of rotatable bonds is 6. The van der Waals surface area contributed by atoms with Crippen LogP contribution in [0, 0.1) is 0 Å². The molecule has 1 unspecified atom stereocenters. The molecule has 0 aliphatic heterocycles. The second kappa shape index (κ2) is 8.56. The number of nitrogens with zero attached hydrogens (tertiary/aromatic N) is 2. The van der Waals surface area contributed by atoms with Crippen molar-refractivity contribution < 1.29 is 24.5 Å². The highest BCUT2D eigenvalue weighted by molar-refractivity contribution is 6.03. The lowest BCUT2D eigenvalue weighted by molar-refractivity contribution is -0.119. The number of aromatic hydroxyl groups is 2. The molecule has 0 fully saturated rings. The van der Waals surface area contributed by atoms with Crippen LogP contribution in [0.2, 0.25) is 0 Å². The smallest absolute Gasteiger partial charge is 0.276 e. The Morgan fingerprint density at radius 1 is 1.10 bits per heavy atom. The molecule has 9 nitrogen and oxygen atoms in total. The van der Waals surface area contributed by atoms with Crippen molar-refractivity contribution in [3.63, 3.8) is 0 Å². The average molecular weight is 410 g/mol. The Balaban J connectivity index is 1.71. The van der Waals surface area contributed by atoms with Crippen molar-refractivity contribution in [1.29, 1.82) is 0 Å². The Morgan fingerprint density at radius 3 is 2.43 bits per heavy atom. The van der Waals surface area contributed by atoms with Crippen LogP contribution >= 0.6 is 0 Å². The molecule has 2 amide bonds. The highest BCUT2D eigenvalue weighted by atomic mass is 16.5. The molecule has 3 rings (SSSR count). The molecular weight excluding hydrogens is 388 g/mol. The van der Waals surface area contributed by atoms with Crippen molar-refractivity contribution >= 4 is 17.5 Å². The summed E-state index contributed by atoms with van der Waals surface area (Å²) in [6.45, 7) is 3.20. The fraction of sp³-hybridized carbons (Fsp3) is 0.190. The summed E-state index contributed by atoms with van der Waals surface area (Å²) in [5.74, 6) is 0.0852. The number of ether oxygens (including phenoxy) is 1. The maximum atomic E-state index is 12.5. The molecule has 0 aliphatic carbocycles. The molecule has 9 heteroatoms. The molecule has 0 spiro atoms.